The highest BCUT2D eigenvalue weighted by molar-refractivity contribution is 7.90. The molecule has 32 heavy (non-hydrogen) atoms. The minimum Gasteiger partial charge on any atom is -0.301 e. The van der Waals surface area contributed by atoms with Crippen molar-refractivity contribution in [3.05, 3.63) is 40.9 Å². The summed E-state index contributed by atoms with van der Waals surface area (Å²) in [7, 11) is -3.85. The highest BCUT2D eigenvalue weighted by Crippen LogP contribution is 2.61. The van der Waals surface area contributed by atoms with Crippen LogP contribution >= 0.6 is 11.3 Å². The lowest BCUT2D eigenvalue weighted by Gasteiger charge is -2.26. The smallest absolute Gasteiger partial charge is 0.301 e. The molecule has 2 aromatic rings. The Hall–Kier alpha value is -1.94. The third-order valence-electron chi connectivity index (χ3n) is 6.66. The first-order valence-corrected chi connectivity index (χ1v) is 13.4. The third kappa shape index (κ3) is 4.71. The molecule has 0 radical (unpaired) electrons. The fourth-order valence-corrected chi connectivity index (χ4v) is 6.63. The van der Waals surface area contributed by atoms with Crippen molar-refractivity contribution < 1.29 is 26.4 Å². The molecule has 0 bridgehead atoms. The summed E-state index contributed by atoms with van der Waals surface area (Å²) < 4.78 is 64.0. The molecule has 2 aliphatic rings. The van der Waals surface area contributed by atoms with E-state index >= 15 is 0 Å². The van der Waals surface area contributed by atoms with Crippen molar-refractivity contribution in [1.82, 2.24) is 4.98 Å². The monoisotopic (exact) mass is 486 g/mol. The number of anilines is 1. The van der Waals surface area contributed by atoms with E-state index in [9.17, 15) is 26.4 Å². The van der Waals surface area contributed by atoms with Crippen LogP contribution < -0.4 is 5.32 Å². The largest absolute Gasteiger partial charge is 0.393 e. The van der Waals surface area contributed by atoms with Gasteiger partial charge >= 0.3 is 6.18 Å². The van der Waals surface area contributed by atoms with Gasteiger partial charge in [-0.25, -0.2) is 13.4 Å². The third-order valence-corrected chi connectivity index (χ3v) is 8.54. The van der Waals surface area contributed by atoms with E-state index in [0.29, 0.717) is 23.0 Å². The number of rotatable bonds is 6. The fourth-order valence-electron chi connectivity index (χ4n) is 5.18. The average Bonchev–Trinajstić information content (AvgIpc) is 3.28. The number of halogens is 3. The maximum absolute atomic E-state index is 13.4. The van der Waals surface area contributed by atoms with Gasteiger partial charge in [0, 0.05) is 17.8 Å². The number of thiazole rings is 1. The van der Waals surface area contributed by atoms with Gasteiger partial charge in [0.05, 0.1) is 16.7 Å². The normalized spacial score (nSPS) is 24.3. The van der Waals surface area contributed by atoms with Gasteiger partial charge in [-0.15, -0.1) is 11.3 Å². The summed E-state index contributed by atoms with van der Waals surface area (Å²) in [6, 6.07) is 4.02. The summed E-state index contributed by atoms with van der Waals surface area (Å²) in [5.74, 6) is 0.0603. The van der Waals surface area contributed by atoms with E-state index in [1.807, 2.05) is 0 Å². The summed E-state index contributed by atoms with van der Waals surface area (Å²) in [4.78, 5) is 17.2. The molecule has 0 spiro atoms. The average molecular weight is 487 g/mol. The van der Waals surface area contributed by atoms with Gasteiger partial charge in [-0.1, -0.05) is 44.2 Å². The second kappa shape index (κ2) is 8.44. The summed E-state index contributed by atoms with van der Waals surface area (Å²) in [5.41, 5.74) is -0.827. The van der Waals surface area contributed by atoms with E-state index in [2.05, 4.69) is 10.3 Å². The number of alkyl halides is 3. The predicted octanol–water partition coefficient (Wildman–Crippen LogP) is 5.13. The molecule has 1 amide bonds. The van der Waals surface area contributed by atoms with E-state index in [0.717, 1.165) is 38.4 Å². The van der Waals surface area contributed by atoms with Crippen LogP contribution in [0.2, 0.25) is 0 Å². The van der Waals surface area contributed by atoms with Crippen LogP contribution in [0.3, 0.4) is 0 Å². The van der Waals surface area contributed by atoms with Crippen molar-refractivity contribution in [3.8, 4) is 0 Å². The van der Waals surface area contributed by atoms with Gasteiger partial charge in [0.25, 0.3) is 0 Å². The first kappa shape index (κ1) is 23.2. The highest BCUT2D eigenvalue weighted by atomic mass is 32.2. The summed E-state index contributed by atoms with van der Waals surface area (Å²) in [6.07, 6.45) is 2.38. The van der Waals surface area contributed by atoms with Gasteiger partial charge in [-0.3, -0.25) is 4.79 Å². The molecule has 0 saturated heterocycles. The number of benzene rings is 1. The van der Waals surface area contributed by atoms with Gasteiger partial charge in [-0.2, -0.15) is 13.2 Å². The lowest BCUT2D eigenvalue weighted by Crippen LogP contribution is -2.32. The van der Waals surface area contributed by atoms with E-state index in [1.54, 1.807) is 11.6 Å². The Labute approximate surface area is 189 Å². The van der Waals surface area contributed by atoms with E-state index in [4.69, 9.17) is 0 Å². The molecule has 174 valence electrons. The van der Waals surface area contributed by atoms with Crippen molar-refractivity contribution in [1.29, 1.82) is 0 Å². The van der Waals surface area contributed by atoms with Gasteiger partial charge in [-0.05, 0) is 35.4 Å². The summed E-state index contributed by atoms with van der Waals surface area (Å²) >= 11 is 1.27. The Balaban J connectivity index is 1.75. The number of carbonyl (C=O) groups is 1. The number of hydrogen-bond acceptors (Lipinski definition) is 5. The van der Waals surface area contributed by atoms with Crippen molar-refractivity contribution in [2.75, 3.05) is 11.6 Å². The summed E-state index contributed by atoms with van der Waals surface area (Å²) in [5, 5.41) is 5.00. The molecule has 2 aliphatic carbocycles. The van der Waals surface area contributed by atoms with Crippen LogP contribution in [0.1, 0.15) is 49.7 Å². The number of aromatic nitrogens is 1. The van der Waals surface area contributed by atoms with Crippen molar-refractivity contribution >= 4 is 32.2 Å². The molecule has 1 aromatic carbocycles. The molecule has 0 unspecified atom stereocenters. The van der Waals surface area contributed by atoms with Crippen LogP contribution in [0.25, 0.3) is 0 Å². The number of sulfone groups is 1. The van der Waals surface area contributed by atoms with Gasteiger partial charge < -0.3 is 5.32 Å². The fraction of sp³-hybridized carbons (Fsp3) is 0.545. The zero-order valence-electron chi connectivity index (χ0n) is 17.6. The lowest BCUT2D eigenvalue weighted by molar-refractivity contribution is -0.127. The molecule has 2 saturated carbocycles. The van der Waals surface area contributed by atoms with Crippen molar-refractivity contribution in [2.24, 2.45) is 11.8 Å². The molecule has 0 aliphatic heterocycles. The van der Waals surface area contributed by atoms with Crippen molar-refractivity contribution in [2.45, 2.75) is 61.4 Å². The maximum Gasteiger partial charge on any atom is 0.393 e. The number of carbonyl (C=O) groups excluding carboxylic acids is 1. The second-order valence-electron chi connectivity index (χ2n) is 8.86. The van der Waals surface area contributed by atoms with E-state index in [1.165, 1.54) is 29.5 Å². The molecule has 1 heterocycles. The molecule has 5 nitrogen and oxygen atoms in total. The standard InChI is InChI=1S/C22H25F3N2O3S2/c1-32(29,30)18-8-7-16(11-15(18)12-22(23,24)25)21(19(28)27-20-26-9-10-31-20)13-17(21)14-5-3-2-4-6-14/h7-11,14,17H,2-6,12-13H2,1H3,(H,26,27,28)/t17-,21-/m0/s1. The molecule has 1 aromatic heterocycles. The molecule has 1 N–H and O–H groups in total. The SMILES string of the molecule is CS(=O)(=O)c1ccc([C@@]2(C(=O)Nc3nccs3)C[C@H]2C2CCCCC2)cc1CC(F)(F)F. The van der Waals surface area contributed by atoms with Crippen LogP contribution in [0.15, 0.2) is 34.7 Å². The van der Waals surface area contributed by atoms with Gasteiger partial charge in [0.15, 0.2) is 15.0 Å². The molecular weight excluding hydrogens is 461 g/mol. The predicted molar refractivity (Wildman–Crippen MR) is 116 cm³/mol. The molecule has 2 fully saturated rings. The van der Waals surface area contributed by atoms with Crippen LogP contribution in [-0.4, -0.2) is 31.7 Å². The Morgan fingerprint density at radius 2 is 1.97 bits per heavy atom. The number of amides is 1. The molecule has 10 heteroatoms. The molecule has 2 atom stereocenters. The Bertz CT molecular complexity index is 1090. The maximum atomic E-state index is 13.4. The Morgan fingerprint density at radius 1 is 1.25 bits per heavy atom. The van der Waals surface area contributed by atoms with E-state index in [-0.39, 0.29) is 22.3 Å². The number of hydrogen-bond donors (Lipinski definition) is 1. The van der Waals surface area contributed by atoms with Gasteiger partial charge in [0.2, 0.25) is 5.91 Å². The minimum atomic E-state index is -4.57. The highest BCUT2D eigenvalue weighted by Gasteiger charge is 2.63. The second-order valence-corrected chi connectivity index (χ2v) is 11.7. The lowest BCUT2D eigenvalue weighted by atomic mass is 9.80. The Morgan fingerprint density at radius 3 is 2.56 bits per heavy atom. The van der Waals surface area contributed by atoms with Crippen LogP contribution in [0.5, 0.6) is 0 Å². The van der Waals surface area contributed by atoms with Crippen LogP contribution in [-0.2, 0) is 26.5 Å². The zero-order valence-corrected chi connectivity index (χ0v) is 19.2. The molecular formula is C22H25F3N2O3S2. The van der Waals surface area contributed by atoms with Crippen LogP contribution in [0.4, 0.5) is 18.3 Å². The number of nitrogens with zero attached hydrogens (tertiary/aromatic N) is 1. The van der Waals surface area contributed by atoms with Gasteiger partial charge in [0.1, 0.15) is 0 Å². The first-order valence-electron chi connectivity index (χ1n) is 10.6. The zero-order chi connectivity index (χ0) is 23.1. The summed E-state index contributed by atoms with van der Waals surface area (Å²) in [6.45, 7) is 0. The Kier molecular flexibility index (Phi) is 6.13. The first-order chi connectivity index (χ1) is 15.0. The molecule has 4 rings (SSSR count). The minimum absolute atomic E-state index is 0.0191. The van der Waals surface area contributed by atoms with E-state index < -0.39 is 27.8 Å². The topological polar surface area (TPSA) is 76.1 Å². The van der Waals surface area contributed by atoms with Crippen LogP contribution in [0, 0.1) is 11.8 Å². The number of nitrogens with one attached hydrogen (secondary N) is 1. The van der Waals surface area contributed by atoms with Crippen molar-refractivity contribution in [3.63, 3.8) is 0 Å². The quantitative estimate of drug-likeness (QED) is 0.614.